The first-order chi connectivity index (χ1) is 7.16. The molecule has 1 saturated carbocycles. The zero-order chi connectivity index (χ0) is 10.8. The lowest BCUT2D eigenvalue weighted by Gasteiger charge is -2.11. The number of rotatable bonds is 2. The normalized spacial score (nSPS) is 26.1. The van der Waals surface area contributed by atoms with E-state index in [0.717, 1.165) is 19.3 Å². The van der Waals surface area contributed by atoms with Gasteiger partial charge in [-0.05, 0) is 42.2 Å². The Morgan fingerprint density at radius 2 is 1.80 bits per heavy atom. The third-order valence-electron chi connectivity index (χ3n) is 3.44. The molecule has 0 aliphatic heterocycles. The van der Waals surface area contributed by atoms with Gasteiger partial charge in [-0.2, -0.15) is 0 Å². The highest BCUT2D eigenvalue weighted by atomic mass is 19.1. The monoisotopic (exact) mass is 206 g/mol. The Balaban J connectivity index is 2.10. The van der Waals surface area contributed by atoms with E-state index < -0.39 is 6.17 Å². The fourth-order valence-corrected chi connectivity index (χ4v) is 2.38. The molecule has 0 saturated heterocycles. The van der Waals surface area contributed by atoms with Gasteiger partial charge in [0, 0.05) is 0 Å². The summed E-state index contributed by atoms with van der Waals surface area (Å²) in [6.07, 6.45) is 1.92. The quantitative estimate of drug-likeness (QED) is 0.672. The molecule has 1 aromatic rings. The predicted molar refractivity (Wildman–Crippen MR) is 62.0 cm³/mol. The lowest BCUT2D eigenvalue weighted by atomic mass is 9.94. The minimum Gasteiger partial charge on any atom is -0.247 e. The Bertz CT molecular complexity index is 313. The van der Waals surface area contributed by atoms with Gasteiger partial charge in [0.05, 0.1) is 0 Å². The van der Waals surface area contributed by atoms with Crippen LogP contribution in [0, 0.1) is 0 Å². The standard InChI is InChI=1S/C14H19F/c1-10(2)11-3-5-12(6-4-11)13-7-8-14(15)9-13/h3-6,10,13-14H,7-9H2,1-2H3/t13?,14-/m0/s1. The summed E-state index contributed by atoms with van der Waals surface area (Å²) in [5.74, 6) is 1.04. The molecule has 0 nitrogen and oxygen atoms in total. The third kappa shape index (κ3) is 2.39. The summed E-state index contributed by atoms with van der Waals surface area (Å²) < 4.78 is 13.1. The van der Waals surface area contributed by atoms with Crippen LogP contribution in [0.15, 0.2) is 24.3 Å². The minimum atomic E-state index is -0.570. The van der Waals surface area contributed by atoms with Crippen molar-refractivity contribution in [1.82, 2.24) is 0 Å². The van der Waals surface area contributed by atoms with Crippen LogP contribution in [0.1, 0.15) is 56.1 Å². The third-order valence-corrected chi connectivity index (χ3v) is 3.44. The van der Waals surface area contributed by atoms with Crippen LogP contribution in [0.4, 0.5) is 4.39 Å². The SMILES string of the molecule is CC(C)c1ccc(C2CC[C@H](F)C2)cc1. The summed E-state index contributed by atoms with van der Waals surface area (Å²) in [6.45, 7) is 4.39. The molecule has 2 atom stereocenters. The summed E-state index contributed by atoms with van der Waals surface area (Å²) in [4.78, 5) is 0. The van der Waals surface area contributed by atoms with E-state index in [1.807, 2.05) is 0 Å². The molecule has 0 N–H and O–H groups in total. The highest BCUT2D eigenvalue weighted by molar-refractivity contribution is 5.27. The van der Waals surface area contributed by atoms with E-state index in [4.69, 9.17) is 0 Å². The Morgan fingerprint density at radius 3 is 2.27 bits per heavy atom. The summed E-state index contributed by atoms with van der Waals surface area (Å²) in [7, 11) is 0. The summed E-state index contributed by atoms with van der Waals surface area (Å²) >= 11 is 0. The fraction of sp³-hybridized carbons (Fsp3) is 0.571. The lowest BCUT2D eigenvalue weighted by Crippen LogP contribution is -1.96. The average molecular weight is 206 g/mol. The highest BCUT2D eigenvalue weighted by Gasteiger charge is 2.25. The van der Waals surface area contributed by atoms with Crippen LogP contribution in [0.3, 0.4) is 0 Å². The molecule has 1 aliphatic rings. The van der Waals surface area contributed by atoms with Gasteiger partial charge >= 0.3 is 0 Å². The van der Waals surface area contributed by atoms with Gasteiger partial charge in [0.1, 0.15) is 6.17 Å². The Kier molecular flexibility index (Phi) is 3.08. The van der Waals surface area contributed by atoms with Gasteiger partial charge in [-0.25, -0.2) is 4.39 Å². The molecular formula is C14H19F. The van der Waals surface area contributed by atoms with E-state index in [9.17, 15) is 4.39 Å². The van der Waals surface area contributed by atoms with Crippen molar-refractivity contribution in [3.8, 4) is 0 Å². The van der Waals surface area contributed by atoms with Gasteiger partial charge in [0.2, 0.25) is 0 Å². The summed E-state index contributed by atoms with van der Waals surface area (Å²) in [5, 5.41) is 0. The molecule has 0 radical (unpaired) electrons. The van der Waals surface area contributed by atoms with Crippen molar-refractivity contribution in [2.45, 2.75) is 51.1 Å². The van der Waals surface area contributed by atoms with Gasteiger partial charge < -0.3 is 0 Å². The van der Waals surface area contributed by atoms with Crippen molar-refractivity contribution in [2.24, 2.45) is 0 Å². The topological polar surface area (TPSA) is 0 Å². The molecule has 1 unspecified atom stereocenters. The van der Waals surface area contributed by atoms with Crippen molar-refractivity contribution < 1.29 is 4.39 Å². The average Bonchev–Trinajstić information content (AvgIpc) is 2.65. The molecule has 2 rings (SSSR count). The lowest BCUT2D eigenvalue weighted by molar-refractivity contribution is 0.339. The van der Waals surface area contributed by atoms with E-state index in [0.29, 0.717) is 11.8 Å². The van der Waals surface area contributed by atoms with Gasteiger partial charge in [-0.15, -0.1) is 0 Å². The maximum atomic E-state index is 13.1. The van der Waals surface area contributed by atoms with Gasteiger partial charge in [0.15, 0.2) is 0 Å². The molecule has 0 spiro atoms. The van der Waals surface area contributed by atoms with Crippen molar-refractivity contribution in [3.63, 3.8) is 0 Å². The summed E-state index contributed by atoms with van der Waals surface area (Å²) in [6, 6.07) is 8.73. The summed E-state index contributed by atoms with van der Waals surface area (Å²) in [5.41, 5.74) is 2.69. The molecule has 1 aliphatic carbocycles. The van der Waals surface area contributed by atoms with Crippen molar-refractivity contribution in [3.05, 3.63) is 35.4 Å². The second-order valence-electron chi connectivity index (χ2n) is 4.93. The maximum absolute atomic E-state index is 13.1. The zero-order valence-corrected chi connectivity index (χ0v) is 9.54. The van der Waals surface area contributed by atoms with E-state index in [-0.39, 0.29) is 0 Å². The molecule has 0 aromatic heterocycles. The second-order valence-corrected chi connectivity index (χ2v) is 4.93. The number of halogens is 1. The van der Waals surface area contributed by atoms with Crippen LogP contribution < -0.4 is 0 Å². The van der Waals surface area contributed by atoms with E-state index in [2.05, 4.69) is 38.1 Å². The van der Waals surface area contributed by atoms with Crippen molar-refractivity contribution in [2.75, 3.05) is 0 Å². The minimum absolute atomic E-state index is 0.459. The predicted octanol–water partition coefficient (Wildman–Crippen LogP) is 4.42. The molecular weight excluding hydrogens is 187 g/mol. The van der Waals surface area contributed by atoms with E-state index >= 15 is 0 Å². The van der Waals surface area contributed by atoms with Crippen LogP contribution >= 0.6 is 0 Å². The van der Waals surface area contributed by atoms with E-state index in [1.165, 1.54) is 11.1 Å². The van der Waals surface area contributed by atoms with Crippen molar-refractivity contribution >= 4 is 0 Å². The number of benzene rings is 1. The van der Waals surface area contributed by atoms with E-state index in [1.54, 1.807) is 0 Å². The Labute approximate surface area is 91.5 Å². The smallest absolute Gasteiger partial charge is 0.101 e. The van der Waals surface area contributed by atoms with Crippen molar-refractivity contribution in [1.29, 1.82) is 0 Å². The Hall–Kier alpha value is -0.850. The first-order valence-corrected chi connectivity index (χ1v) is 5.90. The molecule has 0 bridgehead atoms. The number of hydrogen-bond acceptors (Lipinski definition) is 0. The van der Waals surface area contributed by atoms with Crippen LogP contribution in [0.5, 0.6) is 0 Å². The highest BCUT2D eigenvalue weighted by Crippen LogP contribution is 2.36. The number of hydrogen-bond donors (Lipinski definition) is 0. The van der Waals surface area contributed by atoms with Crippen LogP contribution in [0.25, 0.3) is 0 Å². The molecule has 1 aromatic carbocycles. The van der Waals surface area contributed by atoms with Gasteiger partial charge in [-0.3, -0.25) is 0 Å². The molecule has 82 valence electrons. The van der Waals surface area contributed by atoms with Gasteiger partial charge in [0.25, 0.3) is 0 Å². The molecule has 1 fully saturated rings. The first kappa shape index (κ1) is 10.7. The van der Waals surface area contributed by atoms with Crippen LogP contribution in [-0.2, 0) is 0 Å². The molecule has 1 heteroatoms. The van der Waals surface area contributed by atoms with Crippen LogP contribution in [0.2, 0.25) is 0 Å². The maximum Gasteiger partial charge on any atom is 0.101 e. The first-order valence-electron chi connectivity index (χ1n) is 5.90. The van der Waals surface area contributed by atoms with Gasteiger partial charge in [-0.1, -0.05) is 38.1 Å². The van der Waals surface area contributed by atoms with Crippen LogP contribution in [-0.4, -0.2) is 6.17 Å². The molecule has 15 heavy (non-hydrogen) atoms. The molecule has 0 amide bonds. The zero-order valence-electron chi connectivity index (χ0n) is 9.54. The Morgan fingerprint density at radius 1 is 1.13 bits per heavy atom. The largest absolute Gasteiger partial charge is 0.247 e. The fourth-order valence-electron chi connectivity index (χ4n) is 2.38. The molecule has 0 heterocycles. The number of alkyl halides is 1. The second kappa shape index (κ2) is 4.34.